The molecule has 0 saturated heterocycles. The number of nitrogens with zero attached hydrogens (tertiary/aromatic N) is 2. The lowest BCUT2D eigenvalue weighted by atomic mass is 10.6. The lowest BCUT2D eigenvalue weighted by molar-refractivity contribution is 0.857. The van der Waals surface area contributed by atoms with Gasteiger partial charge in [-0.3, -0.25) is 0 Å². The predicted octanol–water partition coefficient (Wildman–Crippen LogP) is 0.732. The van der Waals surface area contributed by atoms with Crippen LogP contribution in [0.15, 0.2) is 12.3 Å². The molecular weight excluding hydrogens is 134 g/mol. The molecule has 0 spiro atoms. The summed E-state index contributed by atoms with van der Waals surface area (Å²) in [4.78, 5) is 3.84. The fourth-order valence-corrected chi connectivity index (χ4v) is 0.653. The van der Waals surface area contributed by atoms with Crippen LogP contribution >= 0.6 is 12.2 Å². The molecule has 9 heavy (non-hydrogen) atoms. The van der Waals surface area contributed by atoms with E-state index in [1.807, 2.05) is 0 Å². The number of rotatable bonds is 0. The summed E-state index contributed by atoms with van der Waals surface area (Å²) in [6.45, 7) is 0. The third kappa shape index (κ3) is 1.08. The average Bonchev–Trinajstić information content (AvgIpc) is 1.83. The van der Waals surface area contributed by atoms with E-state index in [0.717, 1.165) is 0 Å². The molecule has 0 saturated carbocycles. The molecule has 1 aromatic heterocycles. The monoisotopic (exact) mass is 141 g/mol. The lowest BCUT2D eigenvalue weighted by Gasteiger charge is -1.99. The van der Waals surface area contributed by atoms with Crippen LogP contribution in [-0.2, 0) is 7.05 Å². The Bertz CT molecular complexity index is 265. The van der Waals surface area contributed by atoms with E-state index in [9.17, 15) is 0 Å². The van der Waals surface area contributed by atoms with Gasteiger partial charge < -0.3 is 10.3 Å². The minimum atomic E-state index is 0.509. The van der Waals surface area contributed by atoms with E-state index >= 15 is 0 Å². The lowest BCUT2D eigenvalue weighted by Crippen LogP contribution is -2.01. The second kappa shape index (κ2) is 2.14. The Balaban J connectivity index is 3.43. The molecule has 3 nitrogen and oxygen atoms in total. The van der Waals surface area contributed by atoms with Crippen LogP contribution in [0.3, 0.4) is 0 Å². The zero-order valence-corrected chi connectivity index (χ0v) is 5.85. The fourth-order valence-electron chi connectivity index (χ4n) is 0.486. The van der Waals surface area contributed by atoms with Crippen molar-refractivity contribution in [3.8, 4) is 0 Å². The molecule has 1 rings (SSSR count). The molecular formula is C5H7N3S. The third-order valence-electron chi connectivity index (χ3n) is 1.10. The highest BCUT2D eigenvalue weighted by Gasteiger charge is 1.87. The van der Waals surface area contributed by atoms with Crippen LogP contribution in [-0.4, -0.2) is 9.55 Å². The molecule has 48 valence electrons. The van der Waals surface area contributed by atoms with Crippen molar-refractivity contribution in [2.75, 3.05) is 5.73 Å². The Hall–Kier alpha value is -0.900. The van der Waals surface area contributed by atoms with Gasteiger partial charge in [0.1, 0.15) is 5.82 Å². The van der Waals surface area contributed by atoms with Crippen LogP contribution in [0.1, 0.15) is 0 Å². The molecule has 0 unspecified atom stereocenters. The molecule has 0 atom stereocenters. The molecule has 0 aliphatic rings. The summed E-state index contributed by atoms with van der Waals surface area (Å²) < 4.78 is 2.16. The van der Waals surface area contributed by atoms with Gasteiger partial charge in [-0.25, -0.2) is 4.98 Å². The van der Waals surface area contributed by atoms with Gasteiger partial charge in [-0.1, -0.05) is 0 Å². The zero-order valence-electron chi connectivity index (χ0n) is 5.03. The van der Waals surface area contributed by atoms with E-state index < -0.39 is 0 Å². The van der Waals surface area contributed by atoms with Gasteiger partial charge in [-0.2, -0.15) is 0 Å². The second-order valence-electron chi connectivity index (χ2n) is 1.71. The van der Waals surface area contributed by atoms with Crippen LogP contribution in [0.5, 0.6) is 0 Å². The minimum Gasteiger partial charge on any atom is -0.385 e. The molecule has 2 N–H and O–H groups in total. The van der Waals surface area contributed by atoms with Gasteiger partial charge in [0.15, 0.2) is 0 Å². The van der Waals surface area contributed by atoms with Crippen molar-refractivity contribution in [2.45, 2.75) is 0 Å². The van der Waals surface area contributed by atoms with Gasteiger partial charge in [0.2, 0.25) is 4.77 Å². The summed E-state index contributed by atoms with van der Waals surface area (Å²) in [5.74, 6) is 0.634. The molecule has 0 aromatic carbocycles. The van der Waals surface area contributed by atoms with Crippen molar-refractivity contribution in [1.82, 2.24) is 9.55 Å². The van der Waals surface area contributed by atoms with Gasteiger partial charge in [-0.05, 0) is 18.3 Å². The summed E-state index contributed by atoms with van der Waals surface area (Å²) in [5.41, 5.74) is 5.48. The van der Waals surface area contributed by atoms with Crippen molar-refractivity contribution in [2.24, 2.45) is 7.05 Å². The van der Waals surface area contributed by atoms with Gasteiger partial charge >= 0.3 is 0 Å². The fraction of sp³-hybridized carbons (Fsp3) is 0.200. The molecule has 0 amide bonds. The van der Waals surface area contributed by atoms with E-state index in [4.69, 9.17) is 18.0 Å². The molecule has 0 aliphatic heterocycles. The van der Waals surface area contributed by atoms with Crippen molar-refractivity contribution in [3.05, 3.63) is 17.0 Å². The summed E-state index contributed by atoms with van der Waals surface area (Å²) in [6, 6.07) is 1.70. The Labute approximate surface area is 58.1 Å². The molecule has 4 heteroatoms. The molecule has 1 aromatic rings. The summed E-state index contributed by atoms with van der Waals surface area (Å²) >= 11 is 4.81. The average molecular weight is 141 g/mol. The number of aromatic nitrogens is 2. The van der Waals surface area contributed by atoms with E-state index in [1.165, 1.54) is 0 Å². The van der Waals surface area contributed by atoms with Gasteiger partial charge in [0.05, 0.1) is 0 Å². The second-order valence-corrected chi connectivity index (χ2v) is 2.08. The third-order valence-corrected chi connectivity index (χ3v) is 1.48. The van der Waals surface area contributed by atoms with E-state index in [0.29, 0.717) is 10.6 Å². The number of anilines is 1. The Morgan fingerprint density at radius 2 is 2.44 bits per heavy atom. The molecule has 1 heterocycles. The van der Waals surface area contributed by atoms with Gasteiger partial charge in [0, 0.05) is 13.2 Å². The first-order valence-corrected chi connectivity index (χ1v) is 2.90. The van der Waals surface area contributed by atoms with E-state index in [2.05, 4.69) is 4.98 Å². The Morgan fingerprint density at radius 1 is 1.78 bits per heavy atom. The van der Waals surface area contributed by atoms with Crippen molar-refractivity contribution < 1.29 is 0 Å². The first-order chi connectivity index (χ1) is 4.22. The van der Waals surface area contributed by atoms with Crippen LogP contribution in [0.2, 0.25) is 0 Å². The normalized spacial score (nSPS) is 9.44. The SMILES string of the molecule is Cn1c(N)ccnc1=S. The van der Waals surface area contributed by atoms with E-state index in [1.54, 1.807) is 23.9 Å². The highest BCUT2D eigenvalue weighted by Crippen LogP contribution is 1.96. The quantitative estimate of drug-likeness (QED) is 0.542. The Morgan fingerprint density at radius 3 is 2.89 bits per heavy atom. The molecule has 0 radical (unpaired) electrons. The van der Waals surface area contributed by atoms with E-state index in [-0.39, 0.29) is 0 Å². The summed E-state index contributed by atoms with van der Waals surface area (Å²) in [6.07, 6.45) is 1.59. The zero-order chi connectivity index (χ0) is 6.85. The minimum absolute atomic E-state index is 0.509. The maximum atomic E-state index is 5.48. The summed E-state index contributed by atoms with van der Waals surface area (Å²) in [7, 11) is 1.78. The molecule has 0 fully saturated rings. The first kappa shape index (κ1) is 6.22. The predicted molar refractivity (Wildman–Crippen MR) is 38.5 cm³/mol. The molecule has 0 bridgehead atoms. The van der Waals surface area contributed by atoms with Crippen LogP contribution in [0.25, 0.3) is 0 Å². The van der Waals surface area contributed by atoms with Crippen molar-refractivity contribution in [3.63, 3.8) is 0 Å². The standard InChI is InChI=1S/C5H7N3S/c1-8-4(6)2-3-7-5(8)9/h2-3H,6H2,1H3. The Kier molecular flexibility index (Phi) is 1.48. The van der Waals surface area contributed by atoms with Crippen molar-refractivity contribution in [1.29, 1.82) is 0 Å². The maximum Gasteiger partial charge on any atom is 0.200 e. The topological polar surface area (TPSA) is 43.8 Å². The number of nitrogens with two attached hydrogens (primary N) is 1. The first-order valence-electron chi connectivity index (χ1n) is 2.49. The number of hydrogen-bond acceptors (Lipinski definition) is 3. The van der Waals surface area contributed by atoms with Gasteiger partial charge in [0.25, 0.3) is 0 Å². The van der Waals surface area contributed by atoms with Crippen LogP contribution in [0.4, 0.5) is 5.82 Å². The smallest absolute Gasteiger partial charge is 0.200 e. The summed E-state index contributed by atoms with van der Waals surface area (Å²) in [5, 5.41) is 0. The van der Waals surface area contributed by atoms with Crippen LogP contribution < -0.4 is 5.73 Å². The molecule has 0 aliphatic carbocycles. The number of hydrogen-bond donors (Lipinski definition) is 1. The van der Waals surface area contributed by atoms with Crippen LogP contribution in [0, 0.1) is 4.77 Å². The number of nitrogen functional groups attached to an aromatic ring is 1. The maximum absolute atomic E-state index is 5.48. The largest absolute Gasteiger partial charge is 0.385 e. The highest BCUT2D eigenvalue weighted by atomic mass is 32.1. The van der Waals surface area contributed by atoms with Crippen molar-refractivity contribution >= 4 is 18.0 Å². The highest BCUT2D eigenvalue weighted by molar-refractivity contribution is 7.71. The van der Waals surface area contributed by atoms with Gasteiger partial charge in [-0.15, -0.1) is 0 Å².